The van der Waals surface area contributed by atoms with Crippen LogP contribution in [0.1, 0.15) is 0 Å². The number of halogens is 6. The SMILES string of the molecule is Oc1c(F)c(O)c2cc3cc(F)c(F)c(F)c3c(F)c2c1F. The summed E-state index contributed by atoms with van der Waals surface area (Å²) in [6, 6.07) is 1.10. The van der Waals surface area contributed by atoms with E-state index in [0.717, 1.165) is 0 Å². The van der Waals surface area contributed by atoms with E-state index >= 15 is 0 Å². The Hall–Kier alpha value is -2.64. The van der Waals surface area contributed by atoms with Crippen LogP contribution >= 0.6 is 0 Å². The van der Waals surface area contributed by atoms with Crippen molar-refractivity contribution in [3.8, 4) is 11.5 Å². The van der Waals surface area contributed by atoms with Gasteiger partial charge in [0.25, 0.3) is 0 Å². The van der Waals surface area contributed by atoms with Gasteiger partial charge in [0.15, 0.2) is 34.8 Å². The van der Waals surface area contributed by atoms with E-state index in [-0.39, 0.29) is 0 Å². The number of hydrogen-bond acceptors (Lipinski definition) is 2. The van der Waals surface area contributed by atoms with Crippen LogP contribution in [0.2, 0.25) is 0 Å². The molecule has 0 aliphatic carbocycles. The second kappa shape index (κ2) is 4.43. The molecule has 0 saturated heterocycles. The molecular formula is C14H4F6O2. The molecule has 0 unspecified atom stereocenters. The summed E-state index contributed by atoms with van der Waals surface area (Å²) in [6.07, 6.45) is 0. The van der Waals surface area contributed by atoms with Gasteiger partial charge in [-0.05, 0) is 17.5 Å². The Morgan fingerprint density at radius 1 is 0.591 bits per heavy atom. The molecule has 0 aromatic heterocycles. The van der Waals surface area contributed by atoms with Crippen LogP contribution in [0.4, 0.5) is 26.3 Å². The smallest absolute Gasteiger partial charge is 0.210 e. The fourth-order valence-corrected chi connectivity index (χ4v) is 2.27. The van der Waals surface area contributed by atoms with E-state index in [1.165, 1.54) is 0 Å². The monoisotopic (exact) mass is 318 g/mol. The van der Waals surface area contributed by atoms with Crippen molar-refractivity contribution >= 4 is 21.5 Å². The fourth-order valence-electron chi connectivity index (χ4n) is 2.27. The van der Waals surface area contributed by atoms with Crippen LogP contribution < -0.4 is 0 Å². The number of aromatic hydroxyl groups is 2. The summed E-state index contributed by atoms with van der Waals surface area (Å²) < 4.78 is 81.5. The molecule has 0 aliphatic heterocycles. The third-order valence-electron chi connectivity index (χ3n) is 3.30. The number of fused-ring (bicyclic) bond motifs is 2. The van der Waals surface area contributed by atoms with Crippen LogP contribution in [0.25, 0.3) is 21.5 Å². The normalized spacial score (nSPS) is 11.5. The minimum absolute atomic E-state index is 0.415. The van der Waals surface area contributed by atoms with E-state index in [4.69, 9.17) is 5.11 Å². The van der Waals surface area contributed by atoms with Crippen molar-refractivity contribution in [2.45, 2.75) is 0 Å². The molecule has 0 saturated carbocycles. The zero-order chi connectivity index (χ0) is 16.3. The predicted octanol–water partition coefficient (Wildman–Crippen LogP) is 4.24. The average Bonchev–Trinajstić information content (AvgIpc) is 2.48. The summed E-state index contributed by atoms with van der Waals surface area (Å²) in [6.45, 7) is 0. The van der Waals surface area contributed by atoms with E-state index in [1.54, 1.807) is 0 Å². The molecule has 0 amide bonds. The second-order valence-corrected chi connectivity index (χ2v) is 4.52. The lowest BCUT2D eigenvalue weighted by molar-refractivity contribution is 0.372. The Kier molecular flexibility index (Phi) is 2.88. The standard InChI is InChI=1S/C14H4F6O2/c15-5-2-3-1-4-7(9(17)6(3)10(18)8(5)16)11(19)14(22)12(20)13(4)21/h1-2,21-22H. The number of rotatable bonds is 0. The number of benzene rings is 3. The van der Waals surface area contributed by atoms with Crippen LogP contribution in [-0.4, -0.2) is 10.2 Å². The molecule has 3 rings (SSSR count). The molecule has 114 valence electrons. The van der Waals surface area contributed by atoms with E-state index < -0.39 is 67.9 Å². The molecule has 2 N–H and O–H groups in total. The van der Waals surface area contributed by atoms with Gasteiger partial charge in [-0.25, -0.2) is 22.0 Å². The summed E-state index contributed by atoms with van der Waals surface area (Å²) in [7, 11) is 0. The van der Waals surface area contributed by atoms with Gasteiger partial charge in [0.1, 0.15) is 5.82 Å². The van der Waals surface area contributed by atoms with Crippen molar-refractivity contribution in [3.63, 3.8) is 0 Å². The molecule has 0 heterocycles. The van der Waals surface area contributed by atoms with Crippen molar-refractivity contribution in [1.29, 1.82) is 0 Å². The molecule has 0 fully saturated rings. The van der Waals surface area contributed by atoms with E-state index in [1.807, 2.05) is 0 Å². The van der Waals surface area contributed by atoms with E-state index in [0.29, 0.717) is 12.1 Å². The van der Waals surface area contributed by atoms with Gasteiger partial charge < -0.3 is 10.2 Å². The van der Waals surface area contributed by atoms with Crippen molar-refractivity contribution in [3.05, 3.63) is 47.0 Å². The summed E-state index contributed by atoms with van der Waals surface area (Å²) >= 11 is 0. The molecule has 2 nitrogen and oxygen atoms in total. The molecule has 0 spiro atoms. The topological polar surface area (TPSA) is 40.5 Å². The van der Waals surface area contributed by atoms with Gasteiger partial charge in [-0.3, -0.25) is 0 Å². The Morgan fingerprint density at radius 2 is 1.23 bits per heavy atom. The van der Waals surface area contributed by atoms with Crippen LogP contribution in [0.15, 0.2) is 12.1 Å². The summed E-state index contributed by atoms with van der Waals surface area (Å²) in [5, 5.41) is 15.1. The number of phenols is 2. The van der Waals surface area contributed by atoms with E-state index in [9.17, 15) is 31.4 Å². The van der Waals surface area contributed by atoms with Crippen molar-refractivity contribution in [2.24, 2.45) is 0 Å². The maximum absolute atomic E-state index is 14.3. The highest BCUT2D eigenvalue weighted by Crippen LogP contribution is 2.41. The molecule has 3 aromatic rings. The van der Waals surface area contributed by atoms with Crippen LogP contribution in [-0.2, 0) is 0 Å². The van der Waals surface area contributed by atoms with Gasteiger partial charge in [0, 0.05) is 5.39 Å². The third-order valence-corrected chi connectivity index (χ3v) is 3.30. The highest BCUT2D eigenvalue weighted by molar-refractivity contribution is 6.02. The quantitative estimate of drug-likeness (QED) is 0.370. The first-order chi connectivity index (χ1) is 10.3. The first-order valence-electron chi connectivity index (χ1n) is 5.74. The van der Waals surface area contributed by atoms with Gasteiger partial charge in [-0.15, -0.1) is 0 Å². The lowest BCUT2D eigenvalue weighted by Gasteiger charge is -2.11. The predicted molar refractivity (Wildman–Crippen MR) is 64.5 cm³/mol. The third kappa shape index (κ3) is 1.63. The zero-order valence-electron chi connectivity index (χ0n) is 10.3. The molecule has 0 radical (unpaired) electrons. The van der Waals surface area contributed by atoms with Crippen molar-refractivity contribution in [1.82, 2.24) is 0 Å². The molecule has 22 heavy (non-hydrogen) atoms. The minimum atomic E-state index is -1.97. The summed E-state index contributed by atoms with van der Waals surface area (Å²) in [5.41, 5.74) is 0. The highest BCUT2D eigenvalue weighted by Gasteiger charge is 2.26. The minimum Gasteiger partial charge on any atom is -0.504 e. The second-order valence-electron chi connectivity index (χ2n) is 4.52. The van der Waals surface area contributed by atoms with Crippen molar-refractivity contribution in [2.75, 3.05) is 0 Å². The number of hydrogen-bond donors (Lipinski definition) is 2. The average molecular weight is 318 g/mol. The van der Waals surface area contributed by atoms with Gasteiger partial charge in [0.05, 0.1) is 10.8 Å². The Morgan fingerprint density at radius 3 is 1.86 bits per heavy atom. The largest absolute Gasteiger partial charge is 0.504 e. The fraction of sp³-hybridized carbons (Fsp3) is 0. The first-order valence-corrected chi connectivity index (χ1v) is 5.74. The molecule has 0 bridgehead atoms. The Labute approximate surface area is 117 Å². The molecule has 3 aromatic carbocycles. The molecule has 0 aliphatic rings. The number of phenolic OH excluding ortho intramolecular Hbond substituents is 2. The van der Waals surface area contributed by atoms with Crippen LogP contribution in [0.5, 0.6) is 11.5 Å². The van der Waals surface area contributed by atoms with Gasteiger partial charge in [0.2, 0.25) is 5.82 Å². The van der Waals surface area contributed by atoms with Gasteiger partial charge in [-0.1, -0.05) is 0 Å². The summed E-state index contributed by atoms with van der Waals surface area (Å²) in [5.74, 6) is -13.7. The molecule has 0 atom stereocenters. The zero-order valence-corrected chi connectivity index (χ0v) is 10.3. The Bertz CT molecular complexity index is 968. The highest BCUT2D eigenvalue weighted by atomic mass is 19.2. The molecule has 8 heteroatoms. The van der Waals surface area contributed by atoms with Crippen molar-refractivity contribution < 1.29 is 36.6 Å². The van der Waals surface area contributed by atoms with Crippen LogP contribution in [0, 0.1) is 34.9 Å². The van der Waals surface area contributed by atoms with E-state index in [2.05, 4.69) is 0 Å². The Balaban J connectivity index is 2.68. The first kappa shape index (κ1) is 14.3. The lowest BCUT2D eigenvalue weighted by Crippen LogP contribution is -1.98. The van der Waals surface area contributed by atoms with Gasteiger partial charge >= 0.3 is 0 Å². The maximum Gasteiger partial charge on any atom is 0.210 e. The summed E-state index contributed by atoms with van der Waals surface area (Å²) in [4.78, 5) is 0. The molecular weight excluding hydrogens is 314 g/mol. The maximum atomic E-state index is 14.3. The van der Waals surface area contributed by atoms with Gasteiger partial charge in [-0.2, -0.15) is 4.39 Å². The van der Waals surface area contributed by atoms with Crippen LogP contribution in [0.3, 0.4) is 0 Å². The lowest BCUT2D eigenvalue weighted by atomic mass is 10.00.